The summed E-state index contributed by atoms with van der Waals surface area (Å²) in [6.07, 6.45) is -0.566. The molecule has 4 heteroatoms. The van der Waals surface area contributed by atoms with Gasteiger partial charge in [0.1, 0.15) is 0 Å². The molecule has 3 N–H and O–H groups in total. The summed E-state index contributed by atoms with van der Waals surface area (Å²) in [4.78, 5) is 0. The summed E-state index contributed by atoms with van der Waals surface area (Å²) < 4.78 is 10.3. The van der Waals surface area contributed by atoms with Crippen LogP contribution in [0, 0.1) is 0 Å². The molecule has 15 heavy (non-hydrogen) atoms. The molecule has 84 valence electrons. The first-order chi connectivity index (χ1) is 7.13. The number of methoxy groups -OCH3 is 2. The van der Waals surface area contributed by atoms with Crippen molar-refractivity contribution in [1.82, 2.24) is 0 Å². The first-order valence-corrected chi connectivity index (χ1v) is 4.77. The lowest BCUT2D eigenvalue weighted by Crippen LogP contribution is -2.05. The highest BCUT2D eigenvalue weighted by Crippen LogP contribution is 2.32. The average molecular weight is 211 g/mol. The molecule has 0 aromatic heterocycles. The molecule has 0 saturated carbocycles. The second kappa shape index (κ2) is 5.00. The molecule has 0 saturated heterocycles. The highest BCUT2D eigenvalue weighted by Gasteiger charge is 2.13. The number of rotatable bonds is 4. The molecule has 0 aliphatic carbocycles. The normalized spacial score (nSPS) is 12.3. The minimum absolute atomic E-state index is 0.362. The second-order valence-corrected chi connectivity index (χ2v) is 3.29. The van der Waals surface area contributed by atoms with Gasteiger partial charge in [0.05, 0.1) is 20.3 Å². The van der Waals surface area contributed by atoms with Crippen molar-refractivity contribution in [3.63, 3.8) is 0 Å². The summed E-state index contributed by atoms with van der Waals surface area (Å²) in [5.41, 5.74) is 7.23. The number of nitrogens with two attached hydrogens (primary N) is 1. The van der Waals surface area contributed by atoms with Gasteiger partial charge in [0.15, 0.2) is 11.5 Å². The van der Waals surface area contributed by atoms with Gasteiger partial charge in [-0.25, -0.2) is 0 Å². The molecule has 1 aromatic carbocycles. The van der Waals surface area contributed by atoms with Crippen LogP contribution in [-0.4, -0.2) is 19.3 Å². The number of aliphatic hydroxyl groups excluding tert-OH is 1. The van der Waals surface area contributed by atoms with Gasteiger partial charge in [0.25, 0.3) is 0 Å². The first kappa shape index (κ1) is 11.8. The minimum Gasteiger partial charge on any atom is -0.493 e. The third-order valence-corrected chi connectivity index (χ3v) is 2.32. The Morgan fingerprint density at radius 3 is 2.20 bits per heavy atom. The van der Waals surface area contributed by atoms with Gasteiger partial charge in [-0.05, 0) is 30.2 Å². The molecule has 0 fully saturated rings. The number of hydrogen-bond donors (Lipinski definition) is 2. The van der Waals surface area contributed by atoms with E-state index in [9.17, 15) is 5.11 Å². The van der Waals surface area contributed by atoms with Crippen LogP contribution in [0.2, 0.25) is 0 Å². The van der Waals surface area contributed by atoms with Gasteiger partial charge >= 0.3 is 0 Å². The van der Waals surface area contributed by atoms with Crippen molar-refractivity contribution in [3.05, 3.63) is 23.3 Å². The standard InChI is InChI=1S/C11H17NO3/c1-7(13)9-5-11(15-3)10(14-2)4-8(9)6-12/h4-5,7,13H,6,12H2,1-3H3. The van der Waals surface area contributed by atoms with Gasteiger partial charge in [-0.2, -0.15) is 0 Å². The van der Waals surface area contributed by atoms with E-state index in [0.717, 1.165) is 11.1 Å². The van der Waals surface area contributed by atoms with E-state index < -0.39 is 6.10 Å². The monoisotopic (exact) mass is 211 g/mol. The van der Waals surface area contributed by atoms with Crippen LogP contribution in [0.4, 0.5) is 0 Å². The molecule has 1 rings (SSSR count). The first-order valence-electron chi connectivity index (χ1n) is 4.77. The van der Waals surface area contributed by atoms with Gasteiger partial charge in [-0.15, -0.1) is 0 Å². The lowest BCUT2D eigenvalue weighted by atomic mass is 10.0. The molecule has 0 radical (unpaired) electrons. The van der Waals surface area contributed by atoms with Crippen LogP contribution >= 0.6 is 0 Å². The third kappa shape index (κ3) is 2.40. The molecule has 0 bridgehead atoms. The number of hydrogen-bond acceptors (Lipinski definition) is 4. The quantitative estimate of drug-likeness (QED) is 0.785. The fourth-order valence-electron chi connectivity index (χ4n) is 1.50. The van der Waals surface area contributed by atoms with Crippen molar-refractivity contribution in [1.29, 1.82) is 0 Å². The zero-order valence-electron chi connectivity index (χ0n) is 9.28. The molecule has 1 unspecified atom stereocenters. The van der Waals surface area contributed by atoms with Gasteiger partial charge < -0.3 is 20.3 Å². The molecule has 4 nitrogen and oxygen atoms in total. The Balaban J connectivity index is 3.27. The van der Waals surface area contributed by atoms with Crippen LogP contribution in [0.25, 0.3) is 0 Å². The topological polar surface area (TPSA) is 64.7 Å². The predicted molar refractivity (Wildman–Crippen MR) is 58.1 cm³/mol. The van der Waals surface area contributed by atoms with Crippen LogP contribution in [0.1, 0.15) is 24.2 Å². The molecule has 0 heterocycles. The Morgan fingerprint density at radius 1 is 1.27 bits per heavy atom. The predicted octanol–water partition coefficient (Wildman–Crippen LogP) is 1.22. The second-order valence-electron chi connectivity index (χ2n) is 3.29. The molecule has 0 amide bonds. The van der Waals surface area contributed by atoms with Crippen LogP contribution in [0.3, 0.4) is 0 Å². The van der Waals surface area contributed by atoms with E-state index in [-0.39, 0.29) is 0 Å². The van der Waals surface area contributed by atoms with Gasteiger partial charge in [0.2, 0.25) is 0 Å². The van der Waals surface area contributed by atoms with Gasteiger partial charge in [0, 0.05) is 6.54 Å². The van der Waals surface area contributed by atoms with Crippen molar-refractivity contribution in [2.45, 2.75) is 19.6 Å². The summed E-state index contributed by atoms with van der Waals surface area (Å²) in [6.45, 7) is 2.06. The Kier molecular flexibility index (Phi) is 3.94. The summed E-state index contributed by atoms with van der Waals surface area (Å²) in [6, 6.07) is 3.55. The SMILES string of the molecule is COc1cc(CN)c(C(C)O)cc1OC. The lowest BCUT2D eigenvalue weighted by Gasteiger charge is -2.15. The van der Waals surface area contributed by atoms with E-state index in [4.69, 9.17) is 15.2 Å². The van der Waals surface area contributed by atoms with E-state index in [0.29, 0.717) is 18.0 Å². The van der Waals surface area contributed by atoms with Crippen molar-refractivity contribution < 1.29 is 14.6 Å². The van der Waals surface area contributed by atoms with E-state index in [2.05, 4.69) is 0 Å². The third-order valence-electron chi connectivity index (χ3n) is 2.32. The van der Waals surface area contributed by atoms with Crippen molar-refractivity contribution >= 4 is 0 Å². The maximum absolute atomic E-state index is 9.57. The number of ether oxygens (including phenoxy) is 2. The maximum Gasteiger partial charge on any atom is 0.161 e. The minimum atomic E-state index is -0.566. The van der Waals surface area contributed by atoms with E-state index in [1.54, 1.807) is 33.3 Å². The number of aliphatic hydroxyl groups is 1. The van der Waals surface area contributed by atoms with Crippen molar-refractivity contribution in [3.8, 4) is 11.5 Å². The van der Waals surface area contributed by atoms with E-state index in [1.807, 2.05) is 0 Å². The van der Waals surface area contributed by atoms with Crippen LogP contribution in [-0.2, 0) is 6.54 Å². The molecular formula is C11H17NO3. The Bertz CT molecular complexity index is 337. The lowest BCUT2D eigenvalue weighted by molar-refractivity contribution is 0.197. The Hall–Kier alpha value is -1.26. The molecule has 0 aliphatic rings. The highest BCUT2D eigenvalue weighted by atomic mass is 16.5. The zero-order chi connectivity index (χ0) is 11.4. The van der Waals surface area contributed by atoms with Gasteiger partial charge in [-0.3, -0.25) is 0 Å². The zero-order valence-corrected chi connectivity index (χ0v) is 9.28. The fourth-order valence-corrected chi connectivity index (χ4v) is 1.50. The largest absolute Gasteiger partial charge is 0.493 e. The molecular weight excluding hydrogens is 194 g/mol. The molecule has 1 aromatic rings. The van der Waals surface area contributed by atoms with Crippen LogP contribution < -0.4 is 15.2 Å². The molecule has 1 atom stereocenters. The fraction of sp³-hybridized carbons (Fsp3) is 0.455. The molecule has 0 spiro atoms. The van der Waals surface area contributed by atoms with Crippen LogP contribution in [0.15, 0.2) is 12.1 Å². The van der Waals surface area contributed by atoms with E-state index in [1.165, 1.54) is 0 Å². The average Bonchev–Trinajstić information content (AvgIpc) is 2.26. The van der Waals surface area contributed by atoms with E-state index >= 15 is 0 Å². The maximum atomic E-state index is 9.57. The Morgan fingerprint density at radius 2 is 1.80 bits per heavy atom. The summed E-state index contributed by atoms with van der Waals surface area (Å²) in [5.74, 6) is 1.23. The van der Waals surface area contributed by atoms with Crippen molar-refractivity contribution in [2.75, 3.05) is 14.2 Å². The highest BCUT2D eigenvalue weighted by molar-refractivity contribution is 5.48. The Labute approximate surface area is 89.6 Å². The van der Waals surface area contributed by atoms with Gasteiger partial charge in [-0.1, -0.05) is 0 Å². The smallest absolute Gasteiger partial charge is 0.161 e. The van der Waals surface area contributed by atoms with Crippen LogP contribution in [0.5, 0.6) is 11.5 Å². The van der Waals surface area contributed by atoms with Crippen molar-refractivity contribution in [2.24, 2.45) is 5.73 Å². The summed E-state index contributed by atoms with van der Waals surface area (Å²) in [5, 5.41) is 9.57. The number of benzene rings is 1. The summed E-state index contributed by atoms with van der Waals surface area (Å²) >= 11 is 0. The summed E-state index contributed by atoms with van der Waals surface area (Å²) in [7, 11) is 3.13. The molecule has 0 aliphatic heterocycles.